The average molecular weight is 617 g/mol. The predicted molar refractivity (Wildman–Crippen MR) is 180 cm³/mol. The Balaban J connectivity index is 1.34. The number of urea groups is 1. The summed E-state index contributed by atoms with van der Waals surface area (Å²) < 4.78 is 17.8. The number of methoxy groups -OCH3 is 1. The molecule has 4 rings (SSSR count). The summed E-state index contributed by atoms with van der Waals surface area (Å²) in [6.45, 7) is 12.9. The number of ether oxygens (including phenoxy) is 3. The first-order chi connectivity index (χ1) is 21.7. The monoisotopic (exact) mass is 616 g/mol. The average Bonchev–Trinajstić information content (AvgIpc) is 3.03. The zero-order valence-corrected chi connectivity index (χ0v) is 27.4. The molecule has 0 saturated carbocycles. The number of anilines is 2. The molecule has 3 aromatic carbocycles. The maximum atomic E-state index is 13.0. The summed E-state index contributed by atoms with van der Waals surface area (Å²) in [7, 11) is 1.62. The first kappa shape index (κ1) is 33.8. The fourth-order valence-electron chi connectivity index (χ4n) is 5.42. The molecule has 1 aliphatic rings. The van der Waals surface area contributed by atoms with Crippen molar-refractivity contribution in [1.82, 2.24) is 10.2 Å². The van der Waals surface area contributed by atoms with Crippen LogP contribution in [0.4, 0.5) is 16.2 Å². The maximum Gasteiger partial charge on any atom is 0.319 e. The molecular formula is C36H48N4O5. The molecule has 1 aliphatic heterocycles. The topological polar surface area (TPSA) is 101 Å². The lowest BCUT2D eigenvalue weighted by molar-refractivity contribution is 0.0843. The third-order valence-corrected chi connectivity index (χ3v) is 8.22. The van der Waals surface area contributed by atoms with Gasteiger partial charge in [-0.3, -0.25) is 4.79 Å². The van der Waals surface area contributed by atoms with Gasteiger partial charge in [0.25, 0.3) is 5.91 Å². The van der Waals surface area contributed by atoms with E-state index in [2.05, 4.69) is 34.7 Å². The first-order valence-electron chi connectivity index (χ1n) is 16.0. The molecule has 1 fully saturated rings. The molecule has 0 unspecified atom stereocenters. The van der Waals surface area contributed by atoms with Crippen molar-refractivity contribution in [3.63, 3.8) is 0 Å². The third-order valence-electron chi connectivity index (χ3n) is 8.22. The van der Waals surface area contributed by atoms with E-state index in [9.17, 15) is 9.59 Å². The number of carbonyl (C=O) groups excluding carboxylic acids is 2. The Hall–Kier alpha value is -4.08. The van der Waals surface area contributed by atoms with Gasteiger partial charge in [0.1, 0.15) is 23.4 Å². The Kier molecular flexibility index (Phi) is 12.2. The molecule has 0 spiro atoms. The van der Waals surface area contributed by atoms with Crippen LogP contribution in [0.2, 0.25) is 0 Å². The molecule has 0 radical (unpaired) electrons. The fraction of sp³-hybridized carbons (Fsp3) is 0.444. The number of hydrogen-bond donors (Lipinski definition) is 3. The van der Waals surface area contributed by atoms with Gasteiger partial charge in [0.05, 0.1) is 6.61 Å². The molecular weight excluding hydrogens is 568 g/mol. The minimum absolute atomic E-state index is 0.129. The second kappa shape index (κ2) is 16.3. The van der Waals surface area contributed by atoms with Crippen LogP contribution < -0.4 is 25.4 Å². The van der Waals surface area contributed by atoms with Gasteiger partial charge in [-0.05, 0) is 113 Å². The smallest absolute Gasteiger partial charge is 0.319 e. The van der Waals surface area contributed by atoms with E-state index in [0.717, 1.165) is 55.6 Å². The van der Waals surface area contributed by atoms with Crippen molar-refractivity contribution in [2.45, 2.75) is 85.1 Å². The second-order valence-corrected chi connectivity index (χ2v) is 11.9. The highest BCUT2D eigenvalue weighted by Gasteiger charge is 2.22. The number of piperidine rings is 1. The van der Waals surface area contributed by atoms with Crippen LogP contribution in [0.15, 0.2) is 60.7 Å². The number of nitrogens with zero attached hydrogens (tertiary/aromatic N) is 1. The molecule has 3 aromatic rings. The number of hydrogen-bond acceptors (Lipinski definition) is 6. The normalized spacial score (nSPS) is 14.0. The number of carbonyl (C=O) groups is 2. The van der Waals surface area contributed by atoms with Crippen molar-refractivity contribution >= 4 is 23.3 Å². The van der Waals surface area contributed by atoms with E-state index >= 15 is 0 Å². The maximum absolute atomic E-state index is 13.0. The zero-order valence-electron chi connectivity index (χ0n) is 27.4. The van der Waals surface area contributed by atoms with Crippen LogP contribution in [0.3, 0.4) is 0 Å². The lowest BCUT2D eigenvalue weighted by Crippen LogP contribution is -2.41. The summed E-state index contributed by atoms with van der Waals surface area (Å²) >= 11 is 0. The molecule has 0 atom stereocenters. The van der Waals surface area contributed by atoms with Crippen LogP contribution in [0.1, 0.15) is 74.9 Å². The molecule has 45 heavy (non-hydrogen) atoms. The van der Waals surface area contributed by atoms with E-state index in [1.807, 2.05) is 63.2 Å². The number of nitrogens with one attached hydrogen (secondary N) is 3. The molecule has 242 valence electrons. The summed E-state index contributed by atoms with van der Waals surface area (Å²) in [6.07, 6.45) is 3.96. The summed E-state index contributed by atoms with van der Waals surface area (Å²) in [5.41, 5.74) is 3.53. The molecule has 1 saturated heterocycles. The summed E-state index contributed by atoms with van der Waals surface area (Å²) in [5, 5.41) is 8.86. The van der Waals surface area contributed by atoms with Gasteiger partial charge >= 0.3 is 6.03 Å². The van der Waals surface area contributed by atoms with Gasteiger partial charge in [-0.2, -0.15) is 0 Å². The van der Waals surface area contributed by atoms with Crippen LogP contribution in [-0.2, 0) is 11.3 Å². The van der Waals surface area contributed by atoms with Crippen molar-refractivity contribution in [2.75, 3.05) is 30.8 Å². The predicted octanol–water partition coefficient (Wildman–Crippen LogP) is 7.75. The molecule has 0 bridgehead atoms. The van der Waals surface area contributed by atoms with E-state index in [-0.39, 0.29) is 24.1 Å². The summed E-state index contributed by atoms with van der Waals surface area (Å²) in [5.74, 6) is 1.86. The number of amides is 3. The number of likely N-dealkylation sites (tertiary alicyclic amines) is 1. The van der Waals surface area contributed by atoms with Crippen molar-refractivity contribution in [2.24, 2.45) is 0 Å². The molecule has 9 heteroatoms. The number of benzene rings is 3. The van der Waals surface area contributed by atoms with Crippen LogP contribution in [0, 0.1) is 6.92 Å². The van der Waals surface area contributed by atoms with Gasteiger partial charge in [-0.15, -0.1) is 0 Å². The van der Waals surface area contributed by atoms with Crippen LogP contribution >= 0.6 is 0 Å². The zero-order chi connectivity index (χ0) is 32.3. The molecule has 3 N–H and O–H groups in total. The molecule has 1 heterocycles. The minimum Gasteiger partial charge on any atom is -0.490 e. The molecule has 0 aliphatic carbocycles. The molecule has 3 amide bonds. The van der Waals surface area contributed by atoms with E-state index in [1.54, 1.807) is 25.3 Å². The van der Waals surface area contributed by atoms with Gasteiger partial charge in [0.2, 0.25) is 0 Å². The highest BCUT2D eigenvalue weighted by molar-refractivity contribution is 6.04. The second-order valence-electron chi connectivity index (χ2n) is 11.9. The third kappa shape index (κ3) is 9.70. The first-order valence-corrected chi connectivity index (χ1v) is 16.0. The fourth-order valence-corrected chi connectivity index (χ4v) is 5.42. The Labute approximate surface area is 267 Å². The standard InChI is InChI=1S/C36H48N4O5/c1-7-28(8-2)38-36(42)39-30-12-16-34(27(22-30)23-43-6)45-33-15-11-29(21-25(33)5)37-35(41)26-9-13-31(14-10-26)44-32-17-19-40(20-18-32)24(3)4/h9-16,21-22,24,28,32H,7-8,17-20,23H2,1-6H3,(H,37,41)(H2,38,39,42). The van der Waals surface area contributed by atoms with E-state index in [4.69, 9.17) is 14.2 Å². The van der Waals surface area contributed by atoms with Crippen molar-refractivity contribution in [3.05, 3.63) is 77.4 Å². The Morgan fingerprint density at radius 2 is 1.53 bits per heavy atom. The van der Waals surface area contributed by atoms with Gasteiger partial charge in [0.15, 0.2) is 0 Å². The van der Waals surface area contributed by atoms with E-state index in [1.165, 1.54) is 0 Å². The van der Waals surface area contributed by atoms with Crippen molar-refractivity contribution in [3.8, 4) is 17.2 Å². The number of aryl methyl sites for hydroxylation is 1. The van der Waals surface area contributed by atoms with E-state index in [0.29, 0.717) is 41.1 Å². The molecule has 0 aromatic heterocycles. The number of rotatable bonds is 13. The SMILES string of the molecule is CCC(CC)NC(=O)Nc1ccc(Oc2ccc(NC(=O)c3ccc(OC4CCN(C(C)C)CC4)cc3)cc2C)c(COC)c1. The van der Waals surface area contributed by atoms with Crippen LogP contribution in [-0.4, -0.2) is 55.2 Å². The Morgan fingerprint density at radius 3 is 2.13 bits per heavy atom. The van der Waals surface area contributed by atoms with Crippen molar-refractivity contribution in [1.29, 1.82) is 0 Å². The highest BCUT2D eigenvalue weighted by atomic mass is 16.5. The summed E-state index contributed by atoms with van der Waals surface area (Å²) in [6, 6.07) is 18.8. The van der Waals surface area contributed by atoms with Gasteiger partial charge in [0, 0.05) is 54.8 Å². The van der Waals surface area contributed by atoms with Gasteiger partial charge in [-0.1, -0.05) is 13.8 Å². The van der Waals surface area contributed by atoms with Gasteiger partial charge in [-0.25, -0.2) is 4.79 Å². The lowest BCUT2D eigenvalue weighted by atomic mass is 10.1. The Morgan fingerprint density at radius 1 is 0.889 bits per heavy atom. The quantitative estimate of drug-likeness (QED) is 0.182. The van der Waals surface area contributed by atoms with E-state index < -0.39 is 0 Å². The van der Waals surface area contributed by atoms with Crippen LogP contribution in [0.25, 0.3) is 0 Å². The van der Waals surface area contributed by atoms with Crippen LogP contribution in [0.5, 0.6) is 17.2 Å². The van der Waals surface area contributed by atoms with Crippen molar-refractivity contribution < 1.29 is 23.8 Å². The highest BCUT2D eigenvalue weighted by Crippen LogP contribution is 2.32. The largest absolute Gasteiger partial charge is 0.490 e. The lowest BCUT2D eigenvalue weighted by Gasteiger charge is -2.34. The summed E-state index contributed by atoms with van der Waals surface area (Å²) in [4.78, 5) is 27.9. The van der Waals surface area contributed by atoms with Gasteiger partial charge < -0.3 is 35.1 Å². The Bertz CT molecular complexity index is 1410. The minimum atomic E-state index is -0.240. The molecule has 9 nitrogen and oxygen atoms in total.